The fraction of sp³-hybridized carbons (Fsp3) is 0.407. The van der Waals surface area contributed by atoms with Crippen LogP contribution in [0.5, 0.6) is 17.2 Å². The van der Waals surface area contributed by atoms with Crippen LogP contribution in [0.25, 0.3) is 0 Å². The Morgan fingerprint density at radius 2 is 1.32 bits per heavy atom. The van der Waals surface area contributed by atoms with Gasteiger partial charge in [-0.3, -0.25) is 0 Å². The summed E-state index contributed by atoms with van der Waals surface area (Å²) in [7, 11) is 0. The normalized spacial score (nSPS) is 18.0. The first-order valence-electron chi connectivity index (χ1n) is 12.3. The molecule has 1 aliphatic rings. The van der Waals surface area contributed by atoms with Crippen molar-refractivity contribution in [3.05, 3.63) is 77.3 Å². The Kier molecular flexibility index (Phi) is 10.2. The van der Waals surface area contributed by atoms with Crippen molar-refractivity contribution in [2.75, 3.05) is 0 Å². The zero-order valence-electron chi connectivity index (χ0n) is 21.2. The lowest BCUT2D eigenvalue weighted by Gasteiger charge is -2.28. The summed E-state index contributed by atoms with van der Waals surface area (Å²) in [6, 6.07) is -2.67. The van der Waals surface area contributed by atoms with Gasteiger partial charge in [0.2, 0.25) is 5.75 Å². The summed E-state index contributed by atoms with van der Waals surface area (Å²) in [5, 5.41) is 0. The maximum Gasteiger partial charge on any atom is 0.432 e. The van der Waals surface area contributed by atoms with E-state index in [-0.39, 0.29) is 36.6 Å². The zero-order chi connectivity index (χ0) is 30.5. The Hall–Kier alpha value is -3.45. The molecule has 0 radical (unpaired) electrons. The molecular weight excluding hydrogens is 581 g/mol. The molecule has 1 saturated carbocycles. The average Bonchev–Trinajstić information content (AvgIpc) is 2.84. The highest BCUT2D eigenvalue weighted by molar-refractivity contribution is 5.37. The lowest BCUT2D eigenvalue weighted by Crippen LogP contribution is -2.28. The lowest BCUT2D eigenvalue weighted by molar-refractivity contribution is -0.190. The van der Waals surface area contributed by atoms with Gasteiger partial charge in [-0.25, -0.2) is 17.6 Å². The van der Waals surface area contributed by atoms with E-state index in [0.29, 0.717) is 18.8 Å². The molecule has 0 aliphatic heterocycles. The fourth-order valence-electron chi connectivity index (χ4n) is 4.44. The van der Waals surface area contributed by atoms with Gasteiger partial charge in [0.15, 0.2) is 11.6 Å². The number of benzene rings is 2. The number of halogens is 11. The number of rotatable bonds is 11. The van der Waals surface area contributed by atoms with Crippen LogP contribution in [0.4, 0.5) is 48.3 Å². The predicted molar refractivity (Wildman–Crippen MR) is 123 cm³/mol. The largest absolute Gasteiger partial charge is 0.432 e. The molecule has 0 amide bonds. The Bertz CT molecular complexity index is 1240. The van der Waals surface area contributed by atoms with Crippen molar-refractivity contribution in [2.24, 2.45) is 11.8 Å². The molecule has 226 valence electrons. The zero-order valence-corrected chi connectivity index (χ0v) is 21.2. The van der Waals surface area contributed by atoms with E-state index >= 15 is 0 Å². The molecule has 3 rings (SSSR count). The van der Waals surface area contributed by atoms with Crippen molar-refractivity contribution >= 4 is 0 Å². The molecule has 0 bridgehead atoms. The molecule has 0 atom stereocenters. The molecule has 3 nitrogen and oxygen atoms in total. The summed E-state index contributed by atoms with van der Waals surface area (Å²) in [6.07, 6.45) is -5.57. The smallest absolute Gasteiger partial charge is 0.432 e. The summed E-state index contributed by atoms with van der Waals surface area (Å²) in [5.41, 5.74) is -2.11. The van der Waals surface area contributed by atoms with Gasteiger partial charge < -0.3 is 14.2 Å². The topological polar surface area (TPSA) is 27.7 Å². The van der Waals surface area contributed by atoms with E-state index in [1.807, 2.05) is 13.0 Å². The first-order valence-corrected chi connectivity index (χ1v) is 12.3. The standard InChI is InChI=1S/C27H23F11O3/c1-2-3-14-4-6-15(7-5-14)8-9-26(35,36)40-16-10-18(28)22(19(29)11-16)27(37,38)41-17-12-20(30)23(21(31)13-17)39-25(34)24(32)33/h2-3,10-15H,4-9H2,1H3. The van der Waals surface area contributed by atoms with Crippen LogP contribution >= 0.6 is 0 Å². The summed E-state index contributed by atoms with van der Waals surface area (Å²) < 4.78 is 164. The van der Waals surface area contributed by atoms with E-state index in [2.05, 4.69) is 20.3 Å². The second kappa shape index (κ2) is 13.0. The number of hydrogen-bond donors (Lipinski definition) is 0. The monoisotopic (exact) mass is 604 g/mol. The second-order valence-electron chi connectivity index (χ2n) is 9.32. The van der Waals surface area contributed by atoms with E-state index < -0.39 is 76.8 Å². The van der Waals surface area contributed by atoms with E-state index in [1.165, 1.54) is 0 Å². The highest BCUT2D eigenvalue weighted by atomic mass is 19.3. The molecule has 0 saturated heterocycles. The Morgan fingerprint density at radius 3 is 1.83 bits per heavy atom. The first kappa shape index (κ1) is 32.1. The first-order chi connectivity index (χ1) is 19.1. The van der Waals surface area contributed by atoms with E-state index in [1.54, 1.807) is 0 Å². The van der Waals surface area contributed by atoms with Gasteiger partial charge in [0.05, 0.1) is 6.42 Å². The Labute approximate surface area is 227 Å². The van der Waals surface area contributed by atoms with Crippen molar-refractivity contribution in [1.29, 1.82) is 0 Å². The Balaban J connectivity index is 1.70. The molecular formula is C27H23F11O3. The van der Waals surface area contributed by atoms with Gasteiger partial charge in [0, 0.05) is 24.3 Å². The molecule has 2 aromatic carbocycles. The minimum Gasteiger partial charge on any atom is -0.432 e. The minimum atomic E-state index is -4.97. The van der Waals surface area contributed by atoms with Crippen molar-refractivity contribution in [3.8, 4) is 17.2 Å². The lowest BCUT2D eigenvalue weighted by atomic mass is 9.80. The summed E-state index contributed by atoms with van der Waals surface area (Å²) >= 11 is 0. The highest BCUT2D eigenvalue weighted by Gasteiger charge is 2.42. The molecule has 0 spiro atoms. The van der Waals surface area contributed by atoms with E-state index in [9.17, 15) is 48.3 Å². The highest BCUT2D eigenvalue weighted by Crippen LogP contribution is 2.40. The van der Waals surface area contributed by atoms with Crippen LogP contribution in [0.3, 0.4) is 0 Å². The van der Waals surface area contributed by atoms with Gasteiger partial charge in [-0.1, -0.05) is 12.2 Å². The van der Waals surface area contributed by atoms with Gasteiger partial charge in [-0.05, 0) is 50.9 Å². The van der Waals surface area contributed by atoms with Gasteiger partial charge in [-0.15, -0.1) is 0 Å². The van der Waals surface area contributed by atoms with Crippen LogP contribution in [0.2, 0.25) is 0 Å². The summed E-state index contributed by atoms with van der Waals surface area (Å²) in [6.45, 7) is 1.89. The summed E-state index contributed by atoms with van der Waals surface area (Å²) in [4.78, 5) is 0. The van der Waals surface area contributed by atoms with Gasteiger partial charge in [-0.2, -0.15) is 30.7 Å². The molecule has 41 heavy (non-hydrogen) atoms. The maximum absolute atomic E-state index is 14.6. The van der Waals surface area contributed by atoms with Gasteiger partial charge in [0.25, 0.3) is 0 Å². The summed E-state index contributed by atoms with van der Waals surface area (Å²) in [5.74, 6) is -12.0. The van der Waals surface area contributed by atoms with E-state index in [4.69, 9.17) is 0 Å². The molecule has 2 aromatic rings. The Morgan fingerprint density at radius 1 is 0.805 bits per heavy atom. The predicted octanol–water partition coefficient (Wildman–Crippen LogP) is 9.92. The maximum atomic E-state index is 14.6. The third kappa shape index (κ3) is 8.52. The molecule has 1 fully saturated rings. The SMILES string of the molecule is CC=CC1CCC(CCC(F)(F)Oc2cc(F)c(C(F)(F)Oc3cc(F)c(OC(F)=C(F)F)c(F)c3)c(F)c2)CC1. The van der Waals surface area contributed by atoms with Crippen LogP contribution in [0.15, 0.2) is 48.5 Å². The van der Waals surface area contributed by atoms with Crippen LogP contribution in [0, 0.1) is 35.1 Å². The van der Waals surface area contributed by atoms with Crippen molar-refractivity contribution in [1.82, 2.24) is 0 Å². The van der Waals surface area contributed by atoms with Crippen molar-refractivity contribution < 1.29 is 62.5 Å². The second-order valence-corrected chi connectivity index (χ2v) is 9.32. The van der Waals surface area contributed by atoms with Crippen LogP contribution < -0.4 is 14.2 Å². The number of allylic oxidation sites excluding steroid dienone is 2. The van der Waals surface area contributed by atoms with Crippen LogP contribution in [-0.4, -0.2) is 6.11 Å². The molecule has 14 heteroatoms. The molecule has 0 aromatic heterocycles. The quantitative estimate of drug-likeness (QED) is 0.145. The average molecular weight is 604 g/mol. The van der Waals surface area contributed by atoms with Crippen LogP contribution in [-0.2, 0) is 6.11 Å². The number of alkyl halides is 4. The van der Waals surface area contributed by atoms with Crippen molar-refractivity contribution in [2.45, 2.75) is 57.7 Å². The van der Waals surface area contributed by atoms with Crippen LogP contribution in [0.1, 0.15) is 51.0 Å². The molecule has 0 heterocycles. The van der Waals surface area contributed by atoms with Gasteiger partial charge in [0.1, 0.15) is 28.7 Å². The molecule has 0 N–H and O–H groups in total. The minimum absolute atomic E-state index is 0.00618. The third-order valence-corrected chi connectivity index (χ3v) is 6.33. The number of hydrogen-bond acceptors (Lipinski definition) is 3. The molecule has 1 aliphatic carbocycles. The fourth-order valence-corrected chi connectivity index (χ4v) is 4.44. The van der Waals surface area contributed by atoms with E-state index in [0.717, 1.165) is 12.8 Å². The third-order valence-electron chi connectivity index (χ3n) is 6.33. The number of ether oxygens (including phenoxy) is 3. The van der Waals surface area contributed by atoms with Crippen molar-refractivity contribution in [3.63, 3.8) is 0 Å². The van der Waals surface area contributed by atoms with Gasteiger partial charge >= 0.3 is 24.3 Å². The molecule has 0 unspecified atom stereocenters.